The van der Waals surface area contributed by atoms with Crippen molar-refractivity contribution in [1.29, 1.82) is 0 Å². The topological polar surface area (TPSA) is 49.6 Å². The van der Waals surface area contributed by atoms with Gasteiger partial charge in [0.15, 0.2) is 0 Å². The van der Waals surface area contributed by atoms with Gasteiger partial charge in [0.05, 0.1) is 6.04 Å². The van der Waals surface area contributed by atoms with Crippen LogP contribution in [0.1, 0.15) is 13.3 Å². The van der Waals surface area contributed by atoms with E-state index in [1.165, 1.54) is 0 Å². The molecule has 0 aromatic heterocycles. The van der Waals surface area contributed by atoms with Gasteiger partial charge in [0.2, 0.25) is 5.91 Å². The number of primary amides is 1. The second-order valence-corrected chi connectivity index (χ2v) is 5.27. The SMILES string of the molecule is CCC(C(N)=O)N1CCN(c2cccc(Cl)c2)CC1. The second kappa shape index (κ2) is 6.26. The van der Waals surface area contributed by atoms with Crippen LogP contribution in [0.2, 0.25) is 5.02 Å². The van der Waals surface area contributed by atoms with Gasteiger partial charge in [-0.25, -0.2) is 0 Å². The van der Waals surface area contributed by atoms with E-state index < -0.39 is 0 Å². The van der Waals surface area contributed by atoms with Crippen molar-refractivity contribution < 1.29 is 4.79 Å². The zero-order valence-electron chi connectivity index (χ0n) is 11.2. The number of piperazine rings is 1. The van der Waals surface area contributed by atoms with Crippen LogP contribution in [-0.2, 0) is 4.79 Å². The Bertz CT molecular complexity index is 444. The molecule has 0 aliphatic carbocycles. The Morgan fingerprint density at radius 1 is 1.37 bits per heavy atom. The highest BCUT2D eigenvalue weighted by molar-refractivity contribution is 6.30. The summed E-state index contributed by atoms with van der Waals surface area (Å²) in [6.45, 7) is 5.49. The fraction of sp³-hybridized carbons (Fsp3) is 0.500. The Kier molecular flexibility index (Phi) is 4.66. The Labute approximate surface area is 119 Å². The van der Waals surface area contributed by atoms with Crippen LogP contribution in [0, 0.1) is 0 Å². The minimum Gasteiger partial charge on any atom is -0.369 e. The lowest BCUT2D eigenvalue weighted by Crippen LogP contribution is -2.54. The number of nitrogens with zero attached hydrogens (tertiary/aromatic N) is 2. The Morgan fingerprint density at radius 3 is 2.58 bits per heavy atom. The fourth-order valence-corrected chi connectivity index (χ4v) is 2.79. The summed E-state index contributed by atoms with van der Waals surface area (Å²) in [6.07, 6.45) is 0.770. The number of anilines is 1. The normalized spacial score (nSPS) is 18.3. The third kappa shape index (κ3) is 3.39. The fourth-order valence-electron chi connectivity index (χ4n) is 2.60. The van der Waals surface area contributed by atoms with E-state index in [0.717, 1.165) is 43.3 Å². The van der Waals surface area contributed by atoms with Crippen molar-refractivity contribution >= 4 is 23.2 Å². The maximum absolute atomic E-state index is 11.4. The summed E-state index contributed by atoms with van der Waals surface area (Å²) in [6, 6.07) is 7.74. The molecule has 19 heavy (non-hydrogen) atoms. The lowest BCUT2D eigenvalue weighted by Gasteiger charge is -2.39. The molecule has 1 aliphatic heterocycles. The predicted molar refractivity (Wildman–Crippen MR) is 78.5 cm³/mol. The van der Waals surface area contributed by atoms with Crippen LogP contribution in [0.3, 0.4) is 0 Å². The van der Waals surface area contributed by atoms with E-state index in [2.05, 4.69) is 15.9 Å². The number of benzene rings is 1. The van der Waals surface area contributed by atoms with E-state index in [1.54, 1.807) is 0 Å². The van der Waals surface area contributed by atoms with Crippen molar-refractivity contribution in [1.82, 2.24) is 4.90 Å². The minimum absolute atomic E-state index is 0.137. The first-order chi connectivity index (χ1) is 9.11. The van der Waals surface area contributed by atoms with Crippen molar-refractivity contribution in [3.05, 3.63) is 29.3 Å². The van der Waals surface area contributed by atoms with Crippen molar-refractivity contribution in [2.75, 3.05) is 31.1 Å². The van der Waals surface area contributed by atoms with E-state index in [0.29, 0.717) is 0 Å². The van der Waals surface area contributed by atoms with Crippen LogP contribution in [-0.4, -0.2) is 43.0 Å². The number of hydrogen-bond acceptors (Lipinski definition) is 3. The minimum atomic E-state index is -0.223. The van der Waals surface area contributed by atoms with Crippen LogP contribution in [0.15, 0.2) is 24.3 Å². The summed E-state index contributed by atoms with van der Waals surface area (Å²) in [5.74, 6) is -0.223. The molecule has 0 bridgehead atoms. The zero-order valence-corrected chi connectivity index (χ0v) is 11.9. The third-order valence-electron chi connectivity index (χ3n) is 3.64. The van der Waals surface area contributed by atoms with Crippen LogP contribution < -0.4 is 10.6 Å². The lowest BCUT2D eigenvalue weighted by atomic mass is 10.1. The molecule has 1 amide bonds. The number of amides is 1. The molecule has 1 aliphatic rings. The Hall–Kier alpha value is -1.26. The second-order valence-electron chi connectivity index (χ2n) is 4.83. The summed E-state index contributed by atoms with van der Waals surface area (Å²) >= 11 is 6.01. The lowest BCUT2D eigenvalue weighted by molar-refractivity contribution is -0.123. The van der Waals surface area contributed by atoms with Crippen molar-refractivity contribution in [3.63, 3.8) is 0 Å². The molecule has 0 saturated carbocycles. The quantitative estimate of drug-likeness (QED) is 0.914. The van der Waals surface area contributed by atoms with Gasteiger partial charge in [-0.05, 0) is 24.6 Å². The molecular formula is C14H20ClN3O. The van der Waals surface area contributed by atoms with E-state index in [-0.39, 0.29) is 11.9 Å². The molecule has 1 heterocycles. The Morgan fingerprint density at radius 2 is 2.05 bits per heavy atom. The van der Waals surface area contributed by atoms with E-state index in [9.17, 15) is 4.79 Å². The molecule has 4 nitrogen and oxygen atoms in total. The van der Waals surface area contributed by atoms with Crippen LogP contribution in [0.25, 0.3) is 0 Å². The molecular weight excluding hydrogens is 262 g/mol. The van der Waals surface area contributed by atoms with Gasteiger partial charge in [0.25, 0.3) is 0 Å². The highest BCUT2D eigenvalue weighted by atomic mass is 35.5. The summed E-state index contributed by atoms with van der Waals surface area (Å²) in [5.41, 5.74) is 6.57. The molecule has 1 atom stereocenters. The van der Waals surface area contributed by atoms with Gasteiger partial charge in [-0.15, -0.1) is 0 Å². The number of rotatable bonds is 4. The average Bonchev–Trinajstić information content (AvgIpc) is 2.40. The molecule has 1 unspecified atom stereocenters. The summed E-state index contributed by atoms with van der Waals surface area (Å²) in [4.78, 5) is 15.8. The molecule has 1 fully saturated rings. The van der Waals surface area contributed by atoms with Crippen molar-refractivity contribution in [2.45, 2.75) is 19.4 Å². The first-order valence-electron chi connectivity index (χ1n) is 6.65. The van der Waals surface area contributed by atoms with Gasteiger partial charge < -0.3 is 10.6 Å². The number of hydrogen-bond donors (Lipinski definition) is 1. The highest BCUT2D eigenvalue weighted by Gasteiger charge is 2.26. The summed E-state index contributed by atoms with van der Waals surface area (Å²) in [7, 11) is 0. The molecule has 1 saturated heterocycles. The first-order valence-corrected chi connectivity index (χ1v) is 7.03. The average molecular weight is 282 g/mol. The zero-order chi connectivity index (χ0) is 13.8. The van der Waals surface area contributed by atoms with Gasteiger partial charge in [0.1, 0.15) is 0 Å². The molecule has 5 heteroatoms. The van der Waals surface area contributed by atoms with Crippen molar-refractivity contribution in [3.8, 4) is 0 Å². The number of nitrogens with two attached hydrogens (primary N) is 1. The molecule has 2 rings (SSSR count). The number of carbonyl (C=O) groups is 1. The standard InChI is InChI=1S/C14H20ClN3O/c1-2-13(14(16)19)18-8-6-17(7-9-18)12-5-3-4-11(15)10-12/h3-5,10,13H,2,6-9H2,1H3,(H2,16,19). The van der Waals surface area contributed by atoms with Gasteiger partial charge in [-0.2, -0.15) is 0 Å². The van der Waals surface area contributed by atoms with Gasteiger partial charge in [0, 0.05) is 36.9 Å². The first kappa shape index (κ1) is 14.2. The predicted octanol–water partition coefficient (Wildman–Crippen LogP) is 1.73. The monoisotopic (exact) mass is 281 g/mol. The van der Waals surface area contributed by atoms with E-state index in [4.69, 9.17) is 17.3 Å². The van der Waals surface area contributed by atoms with Gasteiger partial charge in [-0.3, -0.25) is 9.69 Å². The maximum Gasteiger partial charge on any atom is 0.234 e. The maximum atomic E-state index is 11.4. The van der Waals surface area contributed by atoms with Gasteiger partial charge >= 0.3 is 0 Å². The number of carbonyl (C=O) groups excluding carboxylic acids is 1. The van der Waals surface area contributed by atoms with Crippen LogP contribution >= 0.6 is 11.6 Å². The molecule has 1 aromatic carbocycles. The van der Waals surface area contributed by atoms with E-state index >= 15 is 0 Å². The van der Waals surface area contributed by atoms with Crippen LogP contribution in [0.4, 0.5) is 5.69 Å². The van der Waals surface area contributed by atoms with Gasteiger partial charge in [-0.1, -0.05) is 24.6 Å². The molecule has 2 N–H and O–H groups in total. The smallest absolute Gasteiger partial charge is 0.234 e. The molecule has 1 aromatic rings. The largest absolute Gasteiger partial charge is 0.369 e. The number of halogens is 1. The summed E-state index contributed by atoms with van der Waals surface area (Å²) < 4.78 is 0. The van der Waals surface area contributed by atoms with Crippen LogP contribution in [0.5, 0.6) is 0 Å². The van der Waals surface area contributed by atoms with E-state index in [1.807, 2.05) is 25.1 Å². The molecule has 0 radical (unpaired) electrons. The molecule has 104 valence electrons. The van der Waals surface area contributed by atoms with Crippen molar-refractivity contribution in [2.24, 2.45) is 5.73 Å². The highest BCUT2D eigenvalue weighted by Crippen LogP contribution is 2.21. The molecule has 0 spiro atoms. The third-order valence-corrected chi connectivity index (χ3v) is 3.88. The Balaban J connectivity index is 1.97. The summed E-state index contributed by atoms with van der Waals surface area (Å²) in [5, 5.41) is 0.753.